The van der Waals surface area contributed by atoms with Crippen LogP contribution in [-0.2, 0) is 18.6 Å². The van der Waals surface area contributed by atoms with E-state index < -0.39 is 32.7 Å². The van der Waals surface area contributed by atoms with E-state index in [2.05, 4.69) is 15.6 Å². The zero-order chi connectivity index (χ0) is 22.5. The zero-order valence-electron chi connectivity index (χ0n) is 17.5. The van der Waals surface area contributed by atoms with Gasteiger partial charge in [-0.05, 0) is 51.7 Å². The summed E-state index contributed by atoms with van der Waals surface area (Å²) in [7, 11) is 2.55. The van der Waals surface area contributed by atoms with Crippen LogP contribution in [0.1, 0.15) is 52.9 Å². The number of nitrogens with one attached hydrogen (secondary N) is 2. The van der Waals surface area contributed by atoms with Crippen LogP contribution in [0, 0.1) is 5.92 Å². The highest BCUT2D eigenvalue weighted by atomic mass is 35.7. The molecular formula is C19H28ClN3O6S. The fourth-order valence-electron chi connectivity index (χ4n) is 3.33. The van der Waals surface area contributed by atoms with Crippen LogP contribution in [0.15, 0.2) is 17.0 Å². The number of anilines is 1. The fraction of sp³-hybridized carbons (Fsp3) is 0.632. The van der Waals surface area contributed by atoms with Crippen molar-refractivity contribution < 1.29 is 27.5 Å². The van der Waals surface area contributed by atoms with Gasteiger partial charge in [-0.1, -0.05) is 19.3 Å². The Morgan fingerprint density at radius 1 is 1.20 bits per heavy atom. The van der Waals surface area contributed by atoms with Crippen molar-refractivity contribution in [1.29, 1.82) is 0 Å². The summed E-state index contributed by atoms with van der Waals surface area (Å²) in [5.41, 5.74) is -0.699. The summed E-state index contributed by atoms with van der Waals surface area (Å²) < 4.78 is 33.5. The van der Waals surface area contributed by atoms with Crippen molar-refractivity contribution in [3.05, 3.63) is 12.1 Å². The zero-order valence-corrected chi connectivity index (χ0v) is 19.1. The number of carbonyl (C=O) groups excluding carboxylic acids is 2. The third-order valence-electron chi connectivity index (χ3n) is 4.61. The van der Waals surface area contributed by atoms with Crippen LogP contribution in [0.4, 0.5) is 10.6 Å². The summed E-state index contributed by atoms with van der Waals surface area (Å²) in [5.74, 6) is -0.677. The third kappa shape index (κ3) is 7.02. The molecule has 1 fully saturated rings. The molecule has 1 aromatic rings. The lowest BCUT2D eigenvalue weighted by Gasteiger charge is -2.30. The molecule has 0 saturated heterocycles. The molecule has 9 nitrogen and oxygen atoms in total. The molecule has 1 aliphatic rings. The minimum atomic E-state index is -4.06. The number of hydrogen-bond donors (Lipinski definition) is 2. The van der Waals surface area contributed by atoms with Gasteiger partial charge in [0.2, 0.25) is 11.8 Å². The first-order valence-electron chi connectivity index (χ1n) is 9.71. The molecule has 1 heterocycles. The molecule has 0 spiro atoms. The lowest BCUT2D eigenvalue weighted by Crippen LogP contribution is -2.50. The molecule has 2 amide bonds. The number of ether oxygens (including phenoxy) is 2. The Morgan fingerprint density at radius 2 is 1.83 bits per heavy atom. The Kier molecular flexibility index (Phi) is 7.93. The largest absolute Gasteiger partial charge is 0.480 e. The topological polar surface area (TPSA) is 124 Å². The first-order valence-corrected chi connectivity index (χ1v) is 12.0. The molecule has 1 aromatic heterocycles. The van der Waals surface area contributed by atoms with Crippen molar-refractivity contribution in [3.63, 3.8) is 0 Å². The summed E-state index contributed by atoms with van der Waals surface area (Å²) in [5, 5.41) is 5.30. The van der Waals surface area contributed by atoms with E-state index in [4.69, 9.17) is 20.2 Å². The van der Waals surface area contributed by atoms with Crippen molar-refractivity contribution in [1.82, 2.24) is 10.3 Å². The number of carbonyl (C=O) groups is 2. The number of methoxy groups -OCH3 is 1. The molecule has 2 N–H and O–H groups in total. The molecule has 0 aliphatic heterocycles. The SMILES string of the molecule is COc1nc(NC(=O)C(NC(=O)OC(C)(C)C)C2CCCCC2)ccc1S(=O)(=O)Cl. The molecule has 0 radical (unpaired) electrons. The number of aromatic nitrogens is 1. The first kappa shape index (κ1) is 24.2. The maximum atomic E-state index is 13.0. The minimum absolute atomic E-state index is 0.0457. The van der Waals surface area contributed by atoms with E-state index in [9.17, 15) is 18.0 Å². The highest BCUT2D eigenvalue weighted by Crippen LogP contribution is 2.29. The number of hydrogen-bond acceptors (Lipinski definition) is 7. The van der Waals surface area contributed by atoms with E-state index in [0.29, 0.717) is 0 Å². The van der Waals surface area contributed by atoms with Crippen LogP contribution < -0.4 is 15.4 Å². The van der Waals surface area contributed by atoms with Gasteiger partial charge >= 0.3 is 6.09 Å². The molecular weight excluding hydrogens is 434 g/mol. The van der Waals surface area contributed by atoms with E-state index in [-0.39, 0.29) is 22.5 Å². The monoisotopic (exact) mass is 461 g/mol. The van der Waals surface area contributed by atoms with Crippen molar-refractivity contribution in [2.24, 2.45) is 5.92 Å². The number of rotatable bonds is 6. The van der Waals surface area contributed by atoms with Gasteiger partial charge in [-0.25, -0.2) is 13.2 Å². The third-order valence-corrected chi connectivity index (χ3v) is 5.94. The number of nitrogens with zero attached hydrogens (tertiary/aromatic N) is 1. The van der Waals surface area contributed by atoms with Crippen LogP contribution >= 0.6 is 10.7 Å². The van der Waals surface area contributed by atoms with Crippen LogP contribution in [0.3, 0.4) is 0 Å². The quantitative estimate of drug-likeness (QED) is 0.622. The van der Waals surface area contributed by atoms with Gasteiger partial charge < -0.3 is 20.1 Å². The molecule has 0 aromatic carbocycles. The van der Waals surface area contributed by atoms with Gasteiger partial charge in [-0.3, -0.25) is 4.79 Å². The van der Waals surface area contributed by atoms with Gasteiger partial charge in [0, 0.05) is 10.7 Å². The molecule has 1 atom stereocenters. The number of alkyl carbamates (subject to hydrolysis) is 1. The molecule has 1 unspecified atom stereocenters. The molecule has 1 aliphatic carbocycles. The number of pyridine rings is 1. The number of amides is 2. The summed E-state index contributed by atoms with van der Waals surface area (Å²) in [6.07, 6.45) is 3.95. The predicted octanol–water partition coefficient (Wildman–Crippen LogP) is 3.43. The Morgan fingerprint density at radius 3 is 2.37 bits per heavy atom. The highest BCUT2D eigenvalue weighted by molar-refractivity contribution is 8.13. The first-order chi connectivity index (χ1) is 13.9. The van der Waals surface area contributed by atoms with Gasteiger partial charge in [0.25, 0.3) is 9.05 Å². The summed E-state index contributed by atoms with van der Waals surface area (Å²) in [6.45, 7) is 5.22. The molecule has 0 bridgehead atoms. The Balaban J connectivity index is 2.22. The fourth-order valence-corrected chi connectivity index (χ4v) is 4.25. The summed E-state index contributed by atoms with van der Waals surface area (Å²) in [6, 6.07) is 1.69. The second kappa shape index (κ2) is 9.82. The Bertz CT molecular complexity index is 879. The van der Waals surface area contributed by atoms with Crippen LogP contribution in [0.2, 0.25) is 0 Å². The average molecular weight is 462 g/mol. The van der Waals surface area contributed by atoms with E-state index >= 15 is 0 Å². The summed E-state index contributed by atoms with van der Waals surface area (Å²) in [4.78, 5) is 29.0. The van der Waals surface area contributed by atoms with Crippen LogP contribution in [0.25, 0.3) is 0 Å². The Hall–Kier alpha value is -2.07. The second-order valence-electron chi connectivity index (χ2n) is 8.15. The van der Waals surface area contributed by atoms with Crippen LogP contribution in [-0.4, -0.2) is 44.2 Å². The van der Waals surface area contributed by atoms with Gasteiger partial charge in [0.1, 0.15) is 22.4 Å². The molecule has 168 valence electrons. The maximum Gasteiger partial charge on any atom is 0.408 e. The van der Waals surface area contributed by atoms with Gasteiger partial charge in [0.05, 0.1) is 7.11 Å². The van der Waals surface area contributed by atoms with E-state index in [1.165, 1.54) is 19.2 Å². The van der Waals surface area contributed by atoms with E-state index in [0.717, 1.165) is 32.1 Å². The second-order valence-corrected chi connectivity index (χ2v) is 10.7. The minimum Gasteiger partial charge on any atom is -0.480 e. The van der Waals surface area contributed by atoms with Gasteiger partial charge in [-0.15, -0.1) is 0 Å². The molecule has 30 heavy (non-hydrogen) atoms. The normalized spacial score (nSPS) is 16.4. The lowest BCUT2D eigenvalue weighted by atomic mass is 9.83. The predicted molar refractivity (Wildman–Crippen MR) is 112 cm³/mol. The highest BCUT2D eigenvalue weighted by Gasteiger charge is 2.33. The number of halogens is 1. The molecule has 1 saturated carbocycles. The smallest absolute Gasteiger partial charge is 0.408 e. The molecule has 11 heteroatoms. The van der Waals surface area contributed by atoms with E-state index in [1.54, 1.807) is 20.8 Å². The van der Waals surface area contributed by atoms with Crippen LogP contribution in [0.5, 0.6) is 5.88 Å². The average Bonchev–Trinajstić information content (AvgIpc) is 2.64. The van der Waals surface area contributed by atoms with E-state index in [1.807, 2.05) is 0 Å². The molecule has 2 rings (SSSR count). The lowest BCUT2D eigenvalue weighted by molar-refractivity contribution is -0.119. The van der Waals surface area contributed by atoms with Gasteiger partial charge in [0.15, 0.2) is 0 Å². The van der Waals surface area contributed by atoms with Crippen molar-refractivity contribution in [2.45, 2.75) is 69.4 Å². The van der Waals surface area contributed by atoms with Crippen molar-refractivity contribution >= 4 is 37.6 Å². The Labute approximate surface area is 181 Å². The standard InChI is InChI=1S/C19H28ClN3O6S/c1-19(2,3)29-18(25)23-15(12-8-6-5-7-9-12)16(24)21-14-11-10-13(30(20,26)27)17(22-14)28-4/h10-12,15H,5-9H2,1-4H3,(H,23,25)(H,21,22,24). The van der Waals surface area contributed by atoms with Crippen molar-refractivity contribution in [3.8, 4) is 5.88 Å². The summed E-state index contributed by atoms with van der Waals surface area (Å²) >= 11 is 0. The van der Waals surface area contributed by atoms with Gasteiger partial charge in [-0.2, -0.15) is 4.98 Å². The van der Waals surface area contributed by atoms with Crippen molar-refractivity contribution in [2.75, 3.05) is 12.4 Å². The maximum absolute atomic E-state index is 13.0.